The molecule has 4 aromatic rings. The highest BCUT2D eigenvalue weighted by Crippen LogP contribution is 2.21. The first-order chi connectivity index (χ1) is 15.3. The minimum Gasteiger partial charge on any atom is -0.484 e. The number of rotatable bonds is 5. The van der Waals surface area contributed by atoms with Crippen LogP contribution in [0.4, 0.5) is 5.82 Å². The number of benzene rings is 2. The van der Waals surface area contributed by atoms with Crippen molar-refractivity contribution in [3.63, 3.8) is 0 Å². The number of amides is 1. The summed E-state index contributed by atoms with van der Waals surface area (Å²) in [5.41, 5.74) is 0. The normalized spacial score (nSPS) is 14.1. The van der Waals surface area contributed by atoms with E-state index in [4.69, 9.17) is 4.74 Å². The van der Waals surface area contributed by atoms with E-state index in [0.29, 0.717) is 37.7 Å². The number of nitrogens with zero attached hydrogens (tertiary/aromatic N) is 7. The van der Waals surface area contributed by atoms with Crippen molar-refractivity contribution in [3.05, 3.63) is 67.5 Å². The molecule has 0 radical (unpaired) electrons. The second kappa shape index (κ2) is 8.39. The molecule has 3 heterocycles. The number of hydrogen-bond acceptors (Lipinski definition) is 7. The molecule has 1 saturated heterocycles. The van der Waals surface area contributed by atoms with Crippen molar-refractivity contribution in [1.82, 2.24) is 29.6 Å². The maximum atomic E-state index is 12.6. The van der Waals surface area contributed by atoms with E-state index in [1.165, 1.54) is 12.7 Å². The lowest BCUT2D eigenvalue weighted by Gasteiger charge is -2.35. The summed E-state index contributed by atoms with van der Waals surface area (Å²) < 4.78 is 7.35. The van der Waals surface area contributed by atoms with Crippen LogP contribution in [0, 0.1) is 0 Å². The summed E-state index contributed by atoms with van der Waals surface area (Å²) in [5.74, 6) is 2.15. The molecule has 156 valence electrons. The Morgan fingerprint density at radius 3 is 2.52 bits per heavy atom. The van der Waals surface area contributed by atoms with E-state index in [-0.39, 0.29) is 12.5 Å². The molecule has 1 fully saturated rings. The molecule has 1 aliphatic heterocycles. The van der Waals surface area contributed by atoms with Crippen LogP contribution in [0.2, 0.25) is 0 Å². The predicted octanol–water partition coefficient (Wildman–Crippen LogP) is 1.94. The lowest BCUT2D eigenvalue weighted by molar-refractivity contribution is -0.133. The molecule has 0 spiro atoms. The molecular weight excluding hydrogens is 394 g/mol. The SMILES string of the molecule is O=C(COc1ccc2ccccc2c1)N1CCN(c2cc(-n3cncn3)ncn2)CC1. The molecule has 0 aliphatic carbocycles. The minimum absolute atomic E-state index is 0.0150. The Bertz CT molecular complexity index is 1190. The van der Waals surface area contributed by atoms with Crippen LogP contribution in [0.1, 0.15) is 0 Å². The minimum atomic E-state index is -0.0150. The second-order valence-corrected chi connectivity index (χ2v) is 7.24. The summed E-state index contributed by atoms with van der Waals surface area (Å²) in [6.45, 7) is 2.64. The van der Waals surface area contributed by atoms with Gasteiger partial charge < -0.3 is 14.5 Å². The monoisotopic (exact) mass is 415 g/mol. The fraction of sp³-hybridized carbons (Fsp3) is 0.227. The first-order valence-electron chi connectivity index (χ1n) is 10.1. The summed E-state index contributed by atoms with van der Waals surface area (Å²) in [7, 11) is 0. The van der Waals surface area contributed by atoms with Crippen molar-refractivity contribution in [1.29, 1.82) is 0 Å². The Morgan fingerprint density at radius 1 is 0.903 bits per heavy atom. The van der Waals surface area contributed by atoms with Gasteiger partial charge in [-0.2, -0.15) is 5.10 Å². The molecule has 2 aromatic heterocycles. The molecule has 1 aliphatic rings. The van der Waals surface area contributed by atoms with Crippen LogP contribution in [-0.2, 0) is 4.79 Å². The van der Waals surface area contributed by atoms with E-state index in [1.807, 2.05) is 47.4 Å². The Balaban J connectivity index is 1.16. The van der Waals surface area contributed by atoms with E-state index in [1.54, 1.807) is 11.0 Å². The van der Waals surface area contributed by atoms with Crippen molar-refractivity contribution in [2.45, 2.75) is 0 Å². The van der Waals surface area contributed by atoms with Crippen LogP contribution >= 0.6 is 0 Å². The molecule has 0 unspecified atom stereocenters. The number of hydrogen-bond donors (Lipinski definition) is 0. The highest BCUT2D eigenvalue weighted by molar-refractivity contribution is 5.84. The average Bonchev–Trinajstić information content (AvgIpc) is 3.38. The first-order valence-corrected chi connectivity index (χ1v) is 10.1. The third-order valence-corrected chi connectivity index (χ3v) is 5.33. The number of carbonyl (C=O) groups excluding carboxylic acids is 1. The fourth-order valence-corrected chi connectivity index (χ4v) is 3.64. The van der Waals surface area contributed by atoms with Crippen molar-refractivity contribution in [3.8, 4) is 11.6 Å². The molecule has 0 atom stereocenters. The van der Waals surface area contributed by atoms with Crippen LogP contribution in [-0.4, -0.2) is 68.3 Å². The molecule has 0 N–H and O–H groups in total. The first kappa shape index (κ1) is 19.0. The third-order valence-electron chi connectivity index (χ3n) is 5.33. The Kier molecular flexibility index (Phi) is 5.14. The van der Waals surface area contributed by atoms with Gasteiger partial charge in [-0.05, 0) is 22.9 Å². The van der Waals surface area contributed by atoms with Crippen molar-refractivity contribution >= 4 is 22.5 Å². The van der Waals surface area contributed by atoms with E-state index in [0.717, 1.165) is 16.6 Å². The zero-order valence-corrected chi connectivity index (χ0v) is 16.8. The summed E-state index contributed by atoms with van der Waals surface area (Å²) in [5, 5.41) is 6.34. The molecule has 0 saturated carbocycles. The Morgan fingerprint density at radius 2 is 1.71 bits per heavy atom. The molecule has 2 aromatic carbocycles. The van der Waals surface area contributed by atoms with Crippen molar-refractivity contribution < 1.29 is 9.53 Å². The number of carbonyl (C=O) groups is 1. The van der Waals surface area contributed by atoms with Crippen LogP contribution in [0.25, 0.3) is 16.6 Å². The van der Waals surface area contributed by atoms with Gasteiger partial charge in [0.2, 0.25) is 0 Å². The molecule has 9 heteroatoms. The van der Waals surface area contributed by atoms with Gasteiger partial charge in [0.05, 0.1) is 0 Å². The van der Waals surface area contributed by atoms with Gasteiger partial charge in [0, 0.05) is 32.2 Å². The largest absolute Gasteiger partial charge is 0.484 e. The number of aromatic nitrogens is 5. The second-order valence-electron chi connectivity index (χ2n) is 7.24. The molecule has 1 amide bonds. The Hall–Kier alpha value is -4.01. The highest BCUT2D eigenvalue weighted by Gasteiger charge is 2.22. The summed E-state index contributed by atoms with van der Waals surface area (Å²) in [6.07, 6.45) is 4.58. The smallest absolute Gasteiger partial charge is 0.260 e. The van der Waals surface area contributed by atoms with Crippen LogP contribution in [0.3, 0.4) is 0 Å². The van der Waals surface area contributed by atoms with Crippen molar-refractivity contribution in [2.24, 2.45) is 0 Å². The highest BCUT2D eigenvalue weighted by atomic mass is 16.5. The van der Waals surface area contributed by atoms with Crippen LogP contribution in [0.5, 0.6) is 5.75 Å². The average molecular weight is 415 g/mol. The third kappa shape index (κ3) is 4.16. The number of fused-ring (bicyclic) bond motifs is 1. The van der Waals surface area contributed by atoms with Gasteiger partial charge >= 0.3 is 0 Å². The fourth-order valence-electron chi connectivity index (χ4n) is 3.64. The lowest BCUT2D eigenvalue weighted by Crippen LogP contribution is -2.50. The number of anilines is 1. The topological polar surface area (TPSA) is 89.3 Å². The van der Waals surface area contributed by atoms with Gasteiger partial charge in [-0.15, -0.1) is 0 Å². The van der Waals surface area contributed by atoms with Gasteiger partial charge in [-0.1, -0.05) is 30.3 Å². The number of piperazine rings is 1. The van der Waals surface area contributed by atoms with E-state index >= 15 is 0 Å². The van der Waals surface area contributed by atoms with Gasteiger partial charge in [0.15, 0.2) is 12.4 Å². The van der Waals surface area contributed by atoms with Gasteiger partial charge in [-0.25, -0.2) is 19.6 Å². The molecule has 0 bridgehead atoms. The van der Waals surface area contributed by atoms with Gasteiger partial charge in [0.1, 0.15) is 30.5 Å². The maximum absolute atomic E-state index is 12.6. The molecular formula is C22H21N7O2. The summed E-state index contributed by atoms with van der Waals surface area (Å²) >= 11 is 0. The van der Waals surface area contributed by atoms with E-state index in [9.17, 15) is 4.79 Å². The van der Waals surface area contributed by atoms with Gasteiger partial charge in [0.25, 0.3) is 5.91 Å². The molecule has 31 heavy (non-hydrogen) atoms. The zero-order valence-electron chi connectivity index (χ0n) is 16.8. The summed E-state index contributed by atoms with van der Waals surface area (Å²) in [4.78, 5) is 29.1. The predicted molar refractivity (Wildman–Crippen MR) is 115 cm³/mol. The maximum Gasteiger partial charge on any atom is 0.260 e. The van der Waals surface area contributed by atoms with Crippen molar-refractivity contribution in [2.75, 3.05) is 37.7 Å². The quantitative estimate of drug-likeness (QED) is 0.492. The van der Waals surface area contributed by atoms with Crippen LogP contribution < -0.4 is 9.64 Å². The molecule has 5 rings (SSSR count). The standard InChI is InChI=1S/C22H21N7O2/c30-22(13-31-19-6-5-17-3-1-2-4-18(17)11-19)28-9-7-27(8-10-28)20-12-21(25-15-24-20)29-16-23-14-26-29/h1-6,11-12,14-16H,7-10,13H2. The van der Waals surface area contributed by atoms with Gasteiger partial charge in [-0.3, -0.25) is 4.79 Å². The lowest BCUT2D eigenvalue weighted by atomic mass is 10.1. The van der Waals surface area contributed by atoms with Crippen LogP contribution in [0.15, 0.2) is 67.5 Å². The zero-order chi connectivity index (χ0) is 21.0. The van der Waals surface area contributed by atoms with E-state index in [2.05, 4.69) is 31.0 Å². The van der Waals surface area contributed by atoms with E-state index < -0.39 is 0 Å². The Labute approximate surface area is 178 Å². The summed E-state index contributed by atoms with van der Waals surface area (Å²) in [6, 6.07) is 15.8. The number of ether oxygens (including phenoxy) is 1. The molecule has 9 nitrogen and oxygen atoms in total.